The van der Waals surface area contributed by atoms with Crippen LogP contribution in [-0.4, -0.2) is 59.6 Å². The highest BCUT2D eigenvalue weighted by molar-refractivity contribution is 5.84. The number of benzene rings is 1. The van der Waals surface area contributed by atoms with Crippen LogP contribution in [0.4, 0.5) is 4.79 Å². The molecule has 2 aliphatic rings. The molecule has 0 aliphatic carbocycles. The molecule has 2 N–H and O–H groups in total. The van der Waals surface area contributed by atoms with Crippen LogP contribution in [0, 0.1) is 6.92 Å². The van der Waals surface area contributed by atoms with E-state index in [-0.39, 0.29) is 6.03 Å². The first-order chi connectivity index (χ1) is 12.1. The fourth-order valence-corrected chi connectivity index (χ4v) is 4.42. The third-order valence-corrected chi connectivity index (χ3v) is 6.03. The zero-order valence-electron chi connectivity index (χ0n) is 15.2. The van der Waals surface area contributed by atoms with Crippen molar-refractivity contribution in [3.63, 3.8) is 0 Å². The van der Waals surface area contributed by atoms with Crippen molar-refractivity contribution >= 4 is 16.9 Å². The van der Waals surface area contributed by atoms with E-state index in [1.165, 1.54) is 34.9 Å². The van der Waals surface area contributed by atoms with Gasteiger partial charge in [-0.05, 0) is 56.8 Å². The Morgan fingerprint density at radius 3 is 3.00 bits per heavy atom. The second-order valence-electron chi connectivity index (χ2n) is 7.63. The zero-order chi connectivity index (χ0) is 17.4. The highest BCUT2D eigenvalue weighted by atomic mass is 16.2. The lowest BCUT2D eigenvalue weighted by Crippen LogP contribution is -2.45. The normalized spacial score (nSPS) is 23.8. The predicted molar refractivity (Wildman–Crippen MR) is 101 cm³/mol. The van der Waals surface area contributed by atoms with Gasteiger partial charge in [0.1, 0.15) is 0 Å². The fraction of sp³-hybridized carbons (Fsp3) is 0.550. The molecule has 5 nitrogen and oxygen atoms in total. The fourth-order valence-electron chi connectivity index (χ4n) is 4.42. The van der Waals surface area contributed by atoms with E-state index in [1.54, 1.807) is 0 Å². The number of aromatic amines is 1. The molecule has 2 amide bonds. The van der Waals surface area contributed by atoms with Crippen LogP contribution in [0.5, 0.6) is 0 Å². The first kappa shape index (κ1) is 16.5. The molecule has 2 aromatic rings. The first-order valence-corrected chi connectivity index (χ1v) is 9.43. The molecule has 134 valence electrons. The van der Waals surface area contributed by atoms with Gasteiger partial charge in [0, 0.05) is 48.8 Å². The van der Waals surface area contributed by atoms with Crippen molar-refractivity contribution in [1.82, 2.24) is 20.1 Å². The number of rotatable bonds is 3. The number of likely N-dealkylation sites (tertiary alicyclic amines) is 1. The maximum atomic E-state index is 12.6. The molecule has 0 saturated carbocycles. The van der Waals surface area contributed by atoms with Crippen molar-refractivity contribution < 1.29 is 4.79 Å². The van der Waals surface area contributed by atoms with Crippen LogP contribution in [0.1, 0.15) is 30.4 Å². The van der Waals surface area contributed by atoms with Crippen LogP contribution in [0.25, 0.3) is 10.9 Å². The lowest BCUT2D eigenvalue weighted by atomic mass is 10.1. The highest BCUT2D eigenvalue weighted by Gasteiger charge is 2.35. The molecule has 25 heavy (non-hydrogen) atoms. The number of hydrogen-bond acceptors (Lipinski definition) is 2. The number of fused-ring (bicyclic) bond motifs is 3. The topological polar surface area (TPSA) is 51.4 Å². The third-order valence-electron chi connectivity index (χ3n) is 6.03. The number of H-pyrrole nitrogens is 1. The second kappa shape index (κ2) is 6.71. The van der Waals surface area contributed by atoms with Gasteiger partial charge in [0.25, 0.3) is 0 Å². The van der Waals surface area contributed by atoms with E-state index in [1.807, 2.05) is 4.90 Å². The average Bonchev–Trinajstić information content (AvgIpc) is 3.07. The number of aromatic nitrogens is 1. The van der Waals surface area contributed by atoms with E-state index < -0.39 is 0 Å². The van der Waals surface area contributed by atoms with Crippen molar-refractivity contribution in [3.8, 4) is 0 Å². The minimum absolute atomic E-state index is 0.0941. The molecule has 0 spiro atoms. The number of carbonyl (C=O) groups excluding carboxylic acids is 1. The molecular weight excluding hydrogens is 312 g/mol. The Morgan fingerprint density at radius 1 is 1.28 bits per heavy atom. The van der Waals surface area contributed by atoms with Gasteiger partial charge in [-0.2, -0.15) is 0 Å². The molecular formula is C20H28N4O. The molecule has 2 saturated heterocycles. The molecule has 5 heteroatoms. The molecule has 1 aromatic heterocycles. The summed E-state index contributed by atoms with van der Waals surface area (Å²) < 4.78 is 0. The molecule has 2 aliphatic heterocycles. The number of urea groups is 1. The Hall–Kier alpha value is -2.01. The summed E-state index contributed by atoms with van der Waals surface area (Å²) in [7, 11) is 2.21. The van der Waals surface area contributed by atoms with Crippen LogP contribution in [-0.2, 0) is 6.42 Å². The number of carbonyl (C=O) groups is 1. The minimum Gasteiger partial charge on any atom is -0.361 e. The van der Waals surface area contributed by atoms with Crippen LogP contribution in [0.2, 0.25) is 0 Å². The maximum absolute atomic E-state index is 12.6. The summed E-state index contributed by atoms with van der Waals surface area (Å²) in [5.41, 5.74) is 3.70. The maximum Gasteiger partial charge on any atom is 0.317 e. The Morgan fingerprint density at radius 2 is 2.12 bits per heavy atom. The Bertz CT molecular complexity index is 768. The Kier molecular flexibility index (Phi) is 4.42. The van der Waals surface area contributed by atoms with E-state index in [2.05, 4.69) is 53.6 Å². The molecule has 2 atom stereocenters. The van der Waals surface area contributed by atoms with Gasteiger partial charge in [0.15, 0.2) is 0 Å². The summed E-state index contributed by atoms with van der Waals surface area (Å²) in [6.45, 7) is 4.53. The van der Waals surface area contributed by atoms with Crippen molar-refractivity contribution in [2.75, 3.05) is 26.7 Å². The van der Waals surface area contributed by atoms with E-state index >= 15 is 0 Å². The lowest BCUT2D eigenvalue weighted by molar-refractivity contribution is 0.188. The minimum atomic E-state index is 0.0941. The Balaban J connectivity index is 1.33. The largest absolute Gasteiger partial charge is 0.361 e. The Labute approximate surface area is 149 Å². The van der Waals surface area contributed by atoms with Crippen molar-refractivity contribution in [2.24, 2.45) is 0 Å². The summed E-state index contributed by atoms with van der Waals surface area (Å²) in [4.78, 5) is 20.4. The molecule has 1 aromatic carbocycles. The van der Waals surface area contributed by atoms with E-state index in [4.69, 9.17) is 0 Å². The third kappa shape index (κ3) is 3.25. The van der Waals surface area contributed by atoms with Gasteiger partial charge >= 0.3 is 6.03 Å². The summed E-state index contributed by atoms with van der Waals surface area (Å²) in [5, 5.41) is 4.38. The summed E-state index contributed by atoms with van der Waals surface area (Å²) in [5.74, 6) is 0. The van der Waals surface area contributed by atoms with E-state index in [0.717, 1.165) is 25.9 Å². The SMILES string of the molecule is Cc1ccc2c(CCNC(=O)N3CCC4CCC(C3)N4C)c[nH]c2c1. The molecule has 3 heterocycles. The number of hydrogen-bond donors (Lipinski definition) is 2. The van der Waals surface area contributed by atoms with Gasteiger partial charge in [-0.25, -0.2) is 4.79 Å². The van der Waals surface area contributed by atoms with Gasteiger partial charge in [-0.15, -0.1) is 0 Å². The van der Waals surface area contributed by atoms with Crippen LogP contribution in [0.15, 0.2) is 24.4 Å². The van der Waals surface area contributed by atoms with Crippen molar-refractivity contribution in [1.29, 1.82) is 0 Å². The van der Waals surface area contributed by atoms with Gasteiger partial charge in [-0.3, -0.25) is 4.90 Å². The highest BCUT2D eigenvalue weighted by Crippen LogP contribution is 2.28. The molecule has 2 fully saturated rings. The van der Waals surface area contributed by atoms with Crippen LogP contribution in [0.3, 0.4) is 0 Å². The number of nitrogens with one attached hydrogen (secondary N) is 2. The van der Waals surface area contributed by atoms with Crippen molar-refractivity contribution in [3.05, 3.63) is 35.5 Å². The first-order valence-electron chi connectivity index (χ1n) is 9.43. The summed E-state index contributed by atoms with van der Waals surface area (Å²) in [6, 6.07) is 7.77. The number of amides is 2. The average molecular weight is 340 g/mol. The number of aryl methyl sites for hydroxylation is 1. The quantitative estimate of drug-likeness (QED) is 0.903. The second-order valence-corrected chi connectivity index (χ2v) is 7.63. The lowest BCUT2D eigenvalue weighted by Gasteiger charge is -2.26. The zero-order valence-corrected chi connectivity index (χ0v) is 15.2. The van der Waals surface area contributed by atoms with Gasteiger partial charge < -0.3 is 15.2 Å². The summed E-state index contributed by atoms with van der Waals surface area (Å²) in [6.07, 6.45) is 6.53. The summed E-state index contributed by atoms with van der Waals surface area (Å²) >= 11 is 0. The van der Waals surface area contributed by atoms with Crippen molar-refractivity contribution in [2.45, 2.75) is 44.7 Å². The van der Waals surface area contributed by atoms with E-state index in [0.29, 0.717) is 18.6 Å². The standard InChI is InChI=1S/C20H28N4O/c1-14-3-6-18-15(12-22-19(18)11-14)7-9-21-20(25)24-10-8-16-4-5-17(13-24)23(16)2/h3,6,11-12,16-17,22H,4-5,7-10,13H2,1-2H3,(H,21,25). The monoisotopic (exact) mass is 340 g/mol. The van der Waals surface area contributed by atoms with Gasteiger partial charge in [-0.1, -0.05) is 12.1 Å². The number of nitrogens with zero attached hydrogens (tertiary/aromatic N) is 2. The van der Waals surface area contributed by atoms with Crippen LogP contribution < -0.4 is 5.32 Å². The van der Waals surface area contributed by atoms with Gasteiger partial charge in [0.2, 0.25) is 0 Å². The number of likely N-dealkylation sites (N-methyl/N-ethyl adjacent to an activating group) is 1. The molecule has 0 radical (unpaired) electrons. The van der Waals surface area contributed by atoms with Crippen LogP contribution >= 0.6 is 0 Å². The molecule has 2 unspecified atom stereocenters. The predicted octanol–water partition coefficient (Wildman–Crippen LogP) is 2.90. The smallest absolute Gasteiger partial charge is 0.317 e. The van der Waals surface area contributed by atoms with Gasteiger partial charge in [0.05, 0.1) is 0 Å². The molecule has 4 rings (SSSR count). The van der Waals surface area contributed by atoms with E-state index in [9.17, 15) is 4.79 Å². The molecule has 2 bridgehead atoms.